The second-order valence-electron chi connectivity index (χ2n) is 4.69. The number of hydrogen-bond donors (Lipinski definition) is 2. The average Bonchev–Trinajstić information content (AvgIpc) is 2.49. The molecule has 2 N–H and O–H groups in total. The van der Waals surface area contributed by atoms with E-state index in [1.807, 2.05) is 6.07 Å². The summed E-state index contributed by atoms with van der Waals surface area (Å²) in [6, 6.07) is 12.3. The molecule has 118 valence electrons. The SMILES string of the molecule is N#CCc1ccc(NC(=O)Nc2ccc(C(F)(F)F)cc2)cc1. The summed E-state index contributed by atoms with van der Waals surface area (Å²) in [4.78, 5) is 11.8. The van der Waals surface area contributed by atoms with E-state index in [4.69, 9.17) is 5.26 Å². The number of halogens is 3. The molecule has 0 unspecified atom stereocenters. The molecule has 2 aromatic rings. The van der Waals surface area contributed by atoms with Gasteiger partial charge < -0.3 is 10.6 Å². The van der Waals surface area contributed by atoms with Crippen molar-refractivity contribution in [3.63, 3.8) is 0 Å². The maximum Gasteiger partial charge on any atom is 0.416 e. The molecule has 2 amide bonds. The quantitative estimate of drug-likeness (QED) is 0.880. The molecule has 7 heteroatoms. The van der Waals surface area contributed by atoms with Crippen LogP contribution in [0.1, 0.15) is 11.1 Å². The van der Waals surface area contributed by atoms with Crippen LogP contribution in [0.5, 0.6) is 0 Å². The maximum absolute atomic E-state index is 12.4. The fourth-order valence-corrected chi connectivity index (χ4v) is 1.83. The zero-order valence-corrected chi connectivity index (χ0v) is 11.8. The number of carbonyl (C=O) groups excluding carboxylic acids is 1. The summed E-state index contributed by atoms with van der Waals surface area (Å²) in [5.74, 6) is 0. The van der Waals surface area contributed by atoms with E-state index in [0.717, 1.165) is 17.7 Å². The predicted molar refractivity (Wildman–Crippen MR) is 79.8 cm³/mol. The summed E-state index contributed by atoms with van der Waals surface area (Å²) >= 11 is 0. The zero-order valence-electron chi connectivity index (χ0n) is 11.8. The summed E-state index contributed by atoms with van der Waals surface area (Å²) in [6.07, 6.45) is -4.13. The van der Waals surface area contributed by atoms with Crippen LogP contribution in [-0.4, -0.2) is 6.03 Å². The Balaban J connectivity index is 1.95. The number of carbonyl (C=O) groups is 1. The highest BCUT2D eigenvalue weighted by Crippen LogP contribution is 2.29. The number of hydrogen-bond acceptors (Lipinski definition) is 2. The van der Waals surface area contributed by atoms with Crippen LogP contribution in [0.3, 0.4) is 0 Å². The van der Waals surface area contributed by atoms with Crippen molar-refractivity contribution in [1.29, 1.82) is 5.26 Å². The average molecular weight is 319 g/mol. The van der Waals surface area contributed by atoms with Gasteiger partial charge >= 0.3 is 12.2 Å². The summed E-state index contributed by atoms with van der Waals surface area (Å²) in [5, 5.41) is 13.6. The first-order chi connectivity index (χ1) is 10.9. The molecule has 0 bridgehead atoms. The van der Waals surface area contributed by atoms with Crippen LogP contribution < -0.4 is 10.6 Å². The first kappa shape index (κ1) is 16.4. The third kappa shape index (κ3) is 4.74. The van der Waals surface area contributed by atoms with Gasteiger partial charge in [-0.05, 0) is 42.0 Å². The highest BCUT2D eigenvalue weighted by molar-refractivity contribution is 5.99. The van der Waals surface area contributed by atoms with Crippen molar-refractivity contribution in [2.75, 3.05) is 10.6 Å². The topological polar surface area (TPSA) is 64.9 Å². The van der Waals surface area contributed by atoms with E-state index in [-0.39, 0.29) is 12.1 Å². The van der Waals surface area contributed by atoms with Gasteiger partial charge in [0.15, 0.2) is 0 Å². The van der Waals surface area contributed by atoms with Crippen LogP contribution in [0.25, 0.3) is 0 Å². The summed E-state index contributed by atoms with van der Waals surface area (Å²) in [6.45, 7) is 0. The van der Waals surface area contributed by atoms with Crippen molar-refractivity contribution in [3.05, 3.63) is 59.7 Å². The lowest BCUT2D eigenvalue weighted by molar-refractivity contribution is -0.137. The summed E-state index contributed by atoms with van der Waals surface area (Å²) in [7, 11) is 0. The zero-order chi connectivity index (χ0) is 16.9. The van der Waals surface area contributed by atoms with Gasteiger partial charge in [-0.15, -0.1) is 0 Å². The Kier molecular flexibility index (Phi) is 4.86. The molecule has 0 aromatic heterocycles. The minimum atomic E-state index is -4.41. The van der Waals surface area contributed by atoms with Crippen LogP contribution >= 0.6 is 0 Å². The Hall–Kier alpha value is -3.01. The van der Waals surface area contributed by atoms with Crippen LogP contribution in [0.2, 0.25) is 0 Å². The molecule has 0 saturated carbocycles. The Morgan fingerprint density at radius 2 is 1.43 bits per heavy atom. The Bertz CT molecular complexity index is 716. The van der Waals surface area contributed by atoms with Gasteiger partial charge in [0.1, 0.15) is 0 Å². The summed E-state index contributed by atoms with van der Waals surface area (Å²) < 4.78 is 37.3. The van der Waals surface area contributed by atoms with Crippen molar-refractivity contribution < 1.29 is 18.0 Å². The van der Waals surface area contributed by atoms with Crippen LogP contribution in [-0.2, 0) is 12.6 Å². The molecular weight excluding hydrogens is 307 g/mol. The van der Waals surface area contributed by atoms with E-state index < -0.39 is 17.8 Å². The van der Waals surface area contributed by atoms with E-state index in [9.17, 15) is 18.0 Å². The van der Waals surface area contributed by atoms with Crippen molar-refractivity contribution in [3.8, 4) is 6.07 Å². The number of urea groups is 1. The second kappa shape index (κ2) is 6.83. The van der Waals surface area contributed by atoms with Crippen molar-refractivity contribution >= 4 is 17.4 Å². The third-order valence-electron chi connectivity index (χ3n) is 2.97. The normalized spacial score (nSPS) is 10.7. The van der Waals surface area contributed by atoms with Gasteiger partial charge in [-0.25, -0.2) is 4.79 Å². The fourth-order valence-electron chi connectivity index (χ4n) is 1.83. The van der Waals surface area contributed by atoms with Crippen molar-refractivity contribution in [2.24, 2.45) is 0 Å². The first-order valence-electron chi connectivity index (χ1n) is 6.59. The molecule has 0 saturated heterocycles. The molecule has 0 fully saturated rings. The standard InChI is InChI=1S/C16H12F3N3O/c17-16(18,19)12-3-7-14(8-4-12)22-15(23)21-13-5-1-11(2-6-13)9-10-20/h1-8H,9H2,(H2,21,22,23). The molecule has 0 heterocycles. The monoisotopic (exact) mass is 319 g/mol. The number of nitrogens with zero attached hydrogens (tertiary/aromatic N) is 1. The van der Waals surface area contributed by atoms with Gasteiger partial charge in [0.25, 0.3) is 0 Å². The van der Waals surface area contributed by atoms with Gasteiger partial charge in [0, 0.05) is 11.4 Å². The number of anilines is 2. The second-order valence-corrected chi connectivity index (χ2v) is 4.69. The molecule has 2 aromatic carbocycles. The lowest BCUT2D eigenvalue weighted by Crippen LogP contribution is -2.19. The molecular formula is C16H12F3N3O. The highest BCUT2D eigenvalue weighted by Gasteiger charge is 2.29. The predicted octanol–water partition coefficient (Wildman–Crippen LogP) is 4.42. The highest BCUT2D eigenvalue weighted by atomic mass is 19.4. The molecule has 0 spiro atoms. The lowest BCUT2D eigenvalue weighted by Gasteiger charge is -2.10. The van der Waals surface area contributed by atoms with E-state index in [2.05, 4.69) is 10.6 Å². The molecule has 0 atom stereocenters. The van der Waals surface area contributed by atoms with Gasteiger partial charge in [-0.2, -0.15) is 18.4 Å². The molecule has 2 rings (SSSR count). The third-order valence-corrected chi connectivity index (χ3v) is 2.97. The Labute approximate surface area is 130 Å². The number of benzene rings is 2. The fraction of sp³-hybridized carbons (Fsp3) is 0.125. The molecule has 0 aliphatic rings. The molecule has 23 heavy (non-hydrogen) atoms. The van der Waals surface area contributed by atoms with Gasteiger partial charge in [0.05, 0.1) is 18.1 Å². The number of nitrogens with one attached hydrogen (secondary N) is 2. The van der Waals surface area contributed by atoms with E-state index in [0.29, 0.717) is 5.69 Å². The Morgan fingerprint density at radius 1 is 0.957 bits per heavy atom. The minimum absolute atomic E-state index is 0.247. The number of alkyl halides is 3. The van der Waals surface area contributed by atoms with Gasteiger partial charge in [-0.3, -0.25) is 0 Å². The van der Waals surface area contributed by atoms with Gasteiger partial charge in [-0.1, -0.05) is 12.1 Å². The Morgan fingerprint density at radius 3 is 1.87 bits per heavy atom. The largest absolute Gasteiger partial charge is 0.416 e. The van der Waals surface area contributed by atoms with Crippen molar-refractivity contribution in [1.82, 2.24) is 0 Å². The first-order valence-corrected chi connectivity index (χ1v) is 6.59. The number of amides is 2. The molecule has 0 aliphatic heterocycles. The number of nitriles is 1. The van der Waals surface area contributed by atoms with Crippen LogP contribution in [0, 0.1) is 11.3 Å². The van der Waals surface area contributed by atoms with E-state index in [1.54, 1.807) is 24.3 Å². The minimum Gasteiger partial charge on any atom is -0.308 e. The summed E-state index contributed by atoms with van der Waals surface area (Å²) in [5.41, 5.74) is 0.797. The molecule has 0 aliphatic carbocycles. The van der Waals surface area contributed by atoms with Crippen molar-refractivity contribution in [2.45, 2.75) is 12.6 Å². The smallest absolute Gasteiger partial charge is 0.308 e. The maximum atomic E-state index is 12.4. The van der Waals surface area contributed by atoms with Gasteiger partial charge in [0.2, 0.25) is 0 Å². The van der Waals surface area contributed by atoms with Crippen LogP contribution in [0.4, 0.5) is 29.3 Å². The van der Waals surface area contributed by atoms with E-state index >= 15 is 0 Å². The molecule has 4 nitrogen and oxygen atoms in total. The van der Waals surface area contributed by atoms with Crippen LogP contribution in [0.15, 0.2) is 48.5 Å². The molecule has 0 radical (unpaired) electrons. The number of rotatable bonds is 3. The van der Waals surface area contributed by atoms with E-state index in [1.165, 1.54) is 12.1 Å². The lowest BCUT2D eigenvalue weighted by atomic mass is 10.1.